The van der Waals surface area contributed by atoms with Crippen LogP contribution in [0.2, 0.25) is 0 Å². The number of methoxy groups -OCH3 is 1. The van der Waals surface area contributed by atoms with Gasteiger partial charge >= 0.3 is 5.97 Å². The van der Waals surface area contributed by atoms with Crippen LogP contribution in [0.3, 0.4) is 0 Å². The molecule has 0 radical (unpaired) electrons. The van der Waals surface area contributed by atoms with Gasteiger partial charge in [-0.1, -0.05) is 33.8 Å². The van der Waals surface area contributed by atoms with E-state index in [9.17, 15) is 9.90 Å². The highest BCUT2D eigenvalue weighted by molar-refractivity contribution is 5.85. The number of rotatable bonds is 11. The number of carboxylic acids is 1. The van der Waals surface area contributed by atoms with Crippen LogP contribution in [0.25, 0.3) is 0 Å². The fourth-order valence-corrected chi connectivity index (χ4v) is 9.86. The van der Waals surface area contributed by atoms with Crippen LogP contribution in [0.4, 0.5) is 0 Å². The lowest BCUT2D eigenvalue weighted by atomic mass is 9.41. The molecule has 2 N–H and O–H groups in total. The Morgan fingerprint density at radius 2 is 1.69 bits per heavy atom. The molecule has 0 heterocycles. The Bertz CT molecular complexity index is 781. The second-order valence-electron chi connectivity index (χ2n) is 13.2. The maximum absolute atomic E-state index is 10.9. The Morgan fingerprint density at radius 1 is 1.00 bits per heavy atom. The monoisotopic (exact) mass is 504 g/mol. The van der Waals surface area contributed by atoms with Crippen LogP contribution in [-0.2, 0) is 14.3 Å². The summed E-state index contributed by atoms with van der Waals surface area (Å²) >= 11 is 0. The number of ether oxygens (including phenoxy) is 2. The number of aliphatic carboxylic acids is 1. The highest BCUT2D eigenvalue weighted by atomic mass is 16.5. The molecule has 4 fully saturated rings. The number of hydrogen-bond acceptors (Lipinski definition) is 4. The highest BCUT2D eigenvalue weighted by Crippen LogP contribution is 2.69. The van der Waals surface area contributed by atoms with Gasteiger partial charge in [-0.15, -0.1) is 0 Å². The zero-order valence-electron chi connectivity index (χ0n) is 23.3. The second-order valence-corrected chi connectivity index (χ2v) is 13.2. The van der Waals surface area contributed by atoms with Gasteiger partial charge in [0.1, 0.15) is 0 Å². The van der Waals surface area contributed by atoms with Crippen molar-refractivity contribution in [3.05, 3.63) is 12.2 Å². The largest absolute Gasteiger partial charge is 0.478 e. The molecule has 0 spiro atoms. The van der Waals surface area contributed by atoms with Crippen molar-refractivity contribution in [2.45, 2.75) is 110 Å². The van der Waals surface area contributed by atoms with Crippen LogP contribution in [0.5, 0.6) is 0 Å². The normalized spacial score (nSPS) is 43.9. The van der Waals surface area contributed by atoms with Gasteiger partial charge in [-0.3, -0.25) is 0 Å². The molecule has 10 atom stereocenters. The Hall–Kier alpha value is -0.910. The third kappa shape index (κ3) is 5.06. The molecule has 36 heavy (non-hydrogen) atoms. The minimum Gasteiger partial charge on any atom is -0.478 e. The van der Waals surface area contributed by atoms with Crippen LogP contribution >= 0.6 is 0 Å². The molecule has 0 aromatic heterocycles. The molecule has 4 aliphatic carbocycles. The van der Waals surface area contributed by atoms with Crippen LogP contribution in [0, 0.1) is 46.3 Å². The summed E-state index contributed by atoms with van der Waals surface area (Å²) in [5.74, 6) is 3.12. The van der Waals surface area contributed by atoms with Gasteiger partial charge in [0.25, 0.3) is 0 Å². The minimum atomic E-state index is -0.904. The predicted octanol–water partition coefficient (Wildman–Crippen LogP) is 6.49. The number of carboxylic acid groups (broad SMARTS) is 1. The van der Waals surface area contributed by atoms with Gasteiger partial charge in [-0.25, -0.2) is 4.79 Å². The Morgan fingerprint density at radius 3 is 2.39 bits per heavy atom. The molecule has 0 bridgehead atoms. The molecule has 4 rings (SSSR count). The van der Waals surface area contributed by atoms with E-state index < -0.39 is 5.97 Å². The van der Waals surface area contributed by atoms with Crippen LogP contribution in [0.1, 0.15) is 97.8 Å². The van der Waals surface area contributed by atoms with Crippen molar-refractivity contribution < 1.29 is 24.5 Å². The number of aliphatic hydroxyl groups excluding tert-OH is 1. The van der Waals surface area contributed by atoms with Gasteiger partial charge in [-0.2, -0.15) is 0 Å². The molecule has 4 aliphatic rings. The van der Waals surface area contributed by atoms with Crippen molar-refractivity contribution in [2.75, 3.05) is 20.3 Å². The smallest absolute Gasteiger partial charge is 0.330 e. The Kier molecular flexibility index (Phi) is 8.94. The summed E-state index contributed by atoms with van der Waals surface area (Å²) in [4.78, 5) is 10.9. The lowest BCUT2D eigenvalue weighted by molar-refractivity contribution is -0.209. The van der Waals surface area contributed by atoms with Crippen molar-refractivity contribution in [2.24, 2.45) is 46.3 Å². The summed E-state index contributed by atoms with van der Waals surface area (Å²) in [6, 6.07) is 0. The lowest BCUT2D eigenvalue weighted by Crippen LogP contribution is -2.62. The first-order chi connectivity index (χ1) is 17.2. The lowest BCUT2D eigenvalue weighted by Gasteiger charge is -2.65. The van der Waals surface area contributed by atoms with E-state index in [0.717, 1.165) is 56.5 Å². The summed E-state index contributed by atoms with van der Waals surface area (Å²) < 4.78 is 12.3. The Labute approximate surface area is 219 Å². The average Bonchev–Trinajstić information content (AvgIpc) is 3.19. The topological polar surface area (TPSA) is 76.0 Å². The van der Waals surface area contributed by atoms with E-state index in [-0.39, 0.29) is 11.7 Å². The minimum absolute atomic E-state index is 0.130. The zero-order chi connectivity index (χ0) is 26.1. The number of carbonyl (C=O) groups is 1. The fourth-order valence-electron chi connectivity index (χ4n) is 9.86. The average molecular weight is 505 g/mol. The van der Waals surface area contributed by atoms with Crippen LogP contribution < -0.4 is 0 Å². The third-order valence-electron chi connectivity index (χ3n) is 11.7. The third-order valence-corrected chi connectivity index (χ3v) is 11.7. The van der Waals surface area contributed by atoms with E-state index in [1.54, 1.807) is 0 Å². The molecule has 0 aromatic carbocycles. The molecular weight excluding hydrogens is 452 g/mol. The maximum Gasteiger partial charge on any atom is 0.330 e. The van der Waals surface area contributed by atoms with Gasteiger partial charge in [0.15, 0.2) is 0 Å². The molecule has 0 aliphatic heterocycles. The standard InChI is InChI=1S/C31H52O5/c1-6-23-26-19-22(32)13-15-31(26,4)25-14-16-30(3)21(11-12-24(30)27(25)28(23)35-5)10-8-18-36-17-7-9-20(2)29(33)34/h21-28,32H,2,6-19H2,1,3-5H3,(H,33,34)/t21-,22+,23+,24-,25-,26-,27-,28+,30+,31+/m0/s1. The first-order valence-electron chi connectivity index (χ1n) is 14.9. The first-order valence-corrected chi connectivity index (χ1v) is 14.9. The van der Waals surface area contributed by atoms with Crippen molar-refractivity contribution >= 4 is 5.97 Å². The summed E-state index contributed by atoms with van der Waals surface area (Å²) in [5, 5.41) is 19.5. The van der Waals surface area contributed by atoms with Gasteiger partial charge in [0.2, 0.25) is 0 Å². The molecule has 5 heteroatoms. The maximum atomic E-state index is 10.9. The van der Waals surface area contributed by atoms with E-state index in [0.29, 0.717) is 47.7 Å². The molecular formula is C31H52O5. The molecule has 0 unspecified atom stereocenters. The van der Waals surface area contributed by atoms with Crippen molar-refractivity contribution in [3.63, 3.8) is 0 Å². The summed E-state index contributed by atoms with van der Waals surface area (Å²) in [5.41, 5.74) is 1.01. The van der Waals surface area contributed by atoms with Gasteiger partial charge in [-0.05, 0) is 117 Å². The molecule has 5 nitrogen and oxygen atoms in total. The molecule has 0 amide bonds. The van der Waals surface area contributed by atoms with Gasteiger partial charge in [0.05, 0.1) is 12.2 Å². The van der Waals surface area contributed by atoms with Gasteiger partial charge < -0.3 is 19.7 Å². The van der Waals surface area contributed by atoms with Crippen molar-refractivity contribution in [1.82, 2.24) is 0 Å². The van der Waals surface area contributed by atoms with Crippen LogP contribution in [0.15, 0.2) is 12.2 Å². The zero-order valence-corrected chi connectivity index (χ0v) is 23.3. The predicted molar refractivity (Wildman–Crippen MR) is 143 cm³/mol. The fraction of sp³-hybridized carbons (Fsp3) is 0.903. The van der Waals surface area contributed by atoms with E-state index >= 15 is 0 Å². The van der Waals surface area contributed by atoms with E-state index in [4.69, 9.17) is 14.6 Å². The quantitative estimate of drug-likeness (QED) is 0.249. The summed E-state index contributed by atoms with van der Waals surface area (Å²) in [6.07, 6.45) is 13.3. The number of aliphatic hydroxyl groups is 1. The summed E-state index contributed by atoms with van der Waals surface area (Å²) in [6.45, 7) is 12.5. The highest BCUT2D eigenvalue weighted by Gasteiger charge is 2.64. The Balaban J connectivity index is 1.38. The summed E-state index contributed by atoms with van der Waals surface area (Å²) in [7, 11) is 1.95. The molecule has 206 valence electrons. The van der Waals surface area contributed by atoms with Crippen molar-refractivity contribution in [1.29, 1.82) is 0 Å². The van der Waals surface area contributed by atoms with Gasteiger partial charge in [0, 0.05) is 25.9 Å². The van der Waals surface area contributed by atoms with Crippen LogP contribution in [-0.4, -0.2) is 48.7 Å². The number of fused-ring (bicyclic) bond motifs is 5. The SMILES string of the molecule is C=C(CCCOCCC[C@H]1CC[C@H]2[C@@H]3[C@H](OC)[C@H](CC)[C@@H]4C[C@H](O)CC[C@]4(C)[C@H]3CC[C@]12C)C(=O)O. The van der Waals surface area contributed by atoms with E-state index in [1.807, 2.05) is 7.11 Å². The molecule has 4 saturated carbocycles. The molecule has 0 saturated heterocycles. The number of hydrogen-bond donors (Lipinski definition) is 2. The first kappa shape index (κ1) is 28.1. The van der Waals surface area contributed by atoms with E-state index in [2.05, 4.69) is 27.4 Å². The van der Waals surface area contributed by atoms with E-state index in [1.165, 1.54) is 38.5 Å². The molecule has 0 aromatic rings. The second kappa shape index (κ2) is 11.5. The van der Waals surface area contributed by atoms with Crippen molar-refractivity contribution in [3.8, 4) is 0 Å².